The first-order valence-electron chi connectivity index (χ1n) is 10.8. The minimum Gasteiger partial charge on any atom is -0.322 e. The molecule has 35 heavy (non-hydrogen) atoms. The molecule has 0 aliphatic rings. The summed E-state index contributed by atoms with van der Waals surface area (Å²) < 4.78 is 1.46. The van der Waals surface area contributed by atoms with E-state index >= 15 is 0 Å². The molecule has 0 aliphatic heterocycles. The van der Waals surface area contributed by atoms with Gasteiger partial charge in [0.05, 0.1) is 10.5 Å². The lowest BCUT2D eigenvalue weighted by molar-refractivity contribution is -0.384. The maximum Gasteiger partial charge on any atom is 0.270 e. The van der Waals surface area contributed by atoms with Crippen LogP contribution in [0.25, 0.3) is 11.1 Å². The molecule has 1 heterocycles. The van der Waals surface area contributed by atoms with Crippen LogP contribution in [-0.4, -0.2) is 31.0 Å². The lowest BCUT2D eigenvalue weighted by atomic mass is 9.86. The van der Waals surface area contributed by atoms with E-state index in [4.69, 9.17) is 0 Å². The number of non-ortho nitro benzene ring substituents is 1. The molecule has 0 unspecified atom stereocenters. The van der Waals surface area contributed by atoms with Crippen molar-refractivity contribution in [2.75, 3.05) is 5.32 Å². The van der Waals surface area contributed by atoms with Gasteiger partial charge in [-0.25, -0.2) is 4.68 Å². The van der Waals surface area contributed by atoms with Crippen molar-refractivity contribution >= 4 is 29.0 Å². The lowest BCUT2D eigenvalue weighted by Gasteiger charge is -2.19. The molecule has 9 nitrogen and oxygen atoms in total. The molecule has 0 bridgehead atoms. The number of nitro benzene ring substituents is 1. The number of nitrogens with one attached hydrogen (secondary N) is 1. The monoisotopic (exact) mass is 488 g/mol. The van der Waals surface area contributed by atoms with Gasteiger partial charge in [-0.2, -0.15) is 0 Å². The van der Waals surface area contributed by atoms with Gasteiger partial charge in [-0.15, -0.1) is 5.10 Å². The predicted molar refractivity (Wildman–Crippen MR) is 135 cm³/mol. The Kier molecular flexibility index (Phi) is 6.65. The van der Waals surface area contributed by atoms with Crippen LogP contribution >= 0.6 is 11.8 Å². The highest BCUT2D eigenvalue weighted by atomic mass is 32.2. The first-order chi connectivity index (χ1) is 16.6. The van der Waals surface area contributed by atoms with Crippen molar-refractivity contribution in [3.63, 3.8) is 0 Å². The molecular formula is C25H24N6O3S. The minimum atomic E-state index is -0.533. The summed E-state index contributed by atoms with van der Waals surface area (Å²) in [6.45, 7) is 6.53. The van der Waals surface area contributed by atoms with Crippen LogP contribution in [0.2, 0.25) is 0 Å². The second kappa shape index (κ2) is 9.67. The number of tetrazole rings is 1. The normalized spacial score (nSPS) is 11.3. The third kappa shape index (κ3) is 5.55. The Morgan fingerprint density at radius 3 is 2.17 bits per heavy atom. The zero-order valence-electron chi connectivity index (χ0n) is 19.7. The summed E-state index contributed by atoms with van der Waals surface area (Å²) in [6.07, 6.45) is 0. The summed E-state index contributed by atoms with van der Waals surface area (Å²) in [5, 5.41) is 25.9. The van der Waals surface area contributed by atoms with Crippen LogP contribution in [0.15, 0.2) is 76.8 Å². The lowest BCUT2D eigenvalue weighted by Crippen LogP contribution is -2.13. The standard InChI is InChI=1S/C25H24N6O3S/c1-25(2,3)18-9-5-16(6-10-18)17-7-11-19(12-8-17)26-23(32)21-15-20(31(33)34)13-14-22(21)35-24-27-28-29-30(24)4/h5-15H,1-4H3,(H,26,32). The second-order valence-electron chi connectivity index (χ2n) is 8.98. The number of nitrogens with zero attached hydrogens (tertiary/aromatic N) is 5. The average molecular weight is 489 g/mol. The number of carbonyl (C=O) groups excluding carboxylic acids is 1. The Morgan fingerprint density at radius 2 is 1.63 bits per heavy atom. The SMILES string of the molecule is Cn1nnnc1Sc1ccc([N+](=O)[O-])cc1C(=O)Nc1ccc(-c2ccc(C(C)(C)C)cc2)cc1. The van der Waals surface area contributed by atoms with Gasteiger partial charge in [0.1, 0.15) is 0 Å². The highest BCUT2D eigenvalue weighted by molar-refractivity contribution is 7.99. The average Bonchev–Trinajstić information content (AvgIpc) is 3.23. The molecule has 0 aliphatic carbocycles. The largest absolute Gasteiger partial charge is 0.322 e. The van der Waals surface area contributed by atoms with Gasteiger partial charge < -0.3 is 5.32 Å². The summed E-state index contributed by atoms with van der Waals surface area (Å²) in [5.74, 6) is -0.464. The van der Waals surface area contributed by atoms with Crippen LogP contribution in [0.5, 0.6) is 0 Å². The topological polar surface area (TPSA) is 116 Å². The third-order valence-corrected chi connectivity index (χ3v) is 6.53. The van der Waals surface area contributed by atoms with E-state index in [-0.39, 0.29) is 16.7 Å². The molecule has 4 aromatic rings. The van der Waals surface area contributed by atoms with Crippen molar-refractivity contribution < 1.29 is 9.72 Å². The van der Waals surface area contributed by atoms with Crippen LogP contribution in [0.3, 0.4) is 0 Å². The molecular weight excluding hydrogens is 464 g/mol. The minimum absolute atomic E-state index is 0.0830. The number of aromatic nitrogens is 4. The second-order valence-corrected chi connectivity index (χ2v) is 9.99. The summed E-state index contributed by atoms with van der Waals surface area (Å²) >= 11 is 1.15. The Hall–Kier alpha value is -4.05. The van der Waals surface area contributed by atoms with Gasteiger partial charge >= 0.3 is 0 Å². The molecule has 0 spiro atoms. The van der Waals surface area contributed by atoms with E-state index in [0.717, 1.165) is 22.9 Å². The molecule has 0 saturated carbocycles. The number of nitro groups is 1. The summed E-state index contributed by atoms with van der Waals surface area (Å²) in [6, 6.07) is 20.0. The van der Waals surface area contributed by atoms with Crippen molar-refractivity contribution in [3.8, 4) is 11.1 Å². The molecule has 1 amide bonds. The predicted octanol–water partition coefficient (Wildman–Crippen LogP) is 5.49. The maximum absolute atomic E-state index is 13.1. The highest BCUT2D eigenvalue weighted by Gasteiger charge is 2.20. The Bertz CT molecular complexity index is 1380. The summed E-state index contributed by atoms with van der Waals surface area (Å²) in [7, 11) is 1.67. The smallest absolute Gasteiger partial charge is 0.270 e. The quantitative estimate of drug-likeness (QED) is 0.282. The van der Waals surface area contributed by atoms with Gasteiger partial charge in [-0.05, 0) is 62.5 Å². The molecule has 1 N–H and O–H groups in total. The fourth-order valence-corrected chi connectivity index (χ4v) is 4.25. The number of hydrogen-bond donors (Lipinski definition) is 1. The van der Waals surface area contributed by atoms with Gasteiger partial charge in [0.25, 0.3) is 11.6 Å². The zero-order chi connectivity index (χ0) is 25.2. The third-order valence-electron chi connectivity index (χ3n) is 5.43. The summed E-state index contributed by atoms with van der Waals surface area (Å²) in [5.41, 5.74) is 3.99. The van der Waals surface area contributed by atoms with E-state index in [1.807, 2.05) is 24.3 Å². The van der Waals surface area contributed by atoms with Crippen molar-refractivity contribution in [3.05, 3.63) is 88.0 Å². The molecule has 10 heteroatoms. The van der Waals surface area contributed by atoms with Crippen LogP contribution in [0.4, 0.5) is 11.4 Å². The molecule has 3 aromatic carbocycles. The highest BCUT2D eigenvalue weighted by Crippen LogP contribution is 2.32. The Labute approximate surface area is 206 Å². The number of amides is 1. The van der Waals surface area contributed by atoms with Gasteiger partial charge in [0.2, 0.25) is 5.16 Å². The molecule has 0 saturated heterocycles. The Balaban J connectivity index is 1.55. The molecule has 0 radical (unpaired) electrons. The van der Waals surface area contributed by atoms with Crippen molar-refractivity contribution in [1.82, 2.24) is 20.2 Å². The van der Waals surface area contributed by atoms with Gasteiger partial charge in [0, 0.05) is 29.8 Å². The number of carbonyl (C=O) groups is 1. The van der Waals surface area contributed by atoms with Crippen molar-refractivity contribution in [1.29, 1.82) is 0 Å². The van der Waals surface area contributed by atoms with Crippen LogP contribution in [0.1, 0.15) is 36.7 Å². The Morgan fingerprint density at radius 1 is 1.00 bits per heavy atom. The first kappa shape index (κ1) is 24.1. The molecule has 0 atom stereocenters. The van der Waals surface area contributed by atoms with Crippen molar-refractivity contribution in [2.24, 2.45) is 7.05 Å². The zero-order valence-corrected chi connectivity index (χ0v) is 20.5. The van der Waals surface area contributed by atoms with Crippen LogP contribution < -0.4 is 5.32 Å². The molecule has 1 aromatic heterocycles. The summed E-state index contributed by atoms with van der Waals surface area (Å²) in [4.78, 5) is 24.4. The van der Waals surface area contributed by atoms with E-state index in [1.165, 1.54) is 28.4 Å². The fourth-order valence-electron chi connectivity index (χ4n) is 3.41. The van der Waals surface area contributed by atoms with Crippen LogP contribution in [0, 0.1) is 10.1 Å². The fraction of sp³-hybridized carbons (Fsp3) is 0.200. The van der Waals surface area contributed by atoms with Gasteiger partial charge in [-0.3, -0.25) is 14.9 Å². The van der Waals surface area contributed by atoms with E-state index < -0.39 is 10.8 Å². The number of benzene rings is 3. The van der Waals surface area contributed by atoms with Crippen molar-refractivity contribution in [2.45, 2.75) is 36.2 Å². The molecule has 178 valence electrons. The van der Waals surface area contributed by atoms with E-state index in [9.17, 15) is 14.9 Å². The number of hydrogen-bond acceptors (Lipinski definition) is 7. The van der Waals surface area contributed by atoms with E-state index in [1.54, 1.807) is 7.05 Å². The van der Waals surface area contributed by atoms with Gasteiger partial charge in [-0.1, -0.05) is 57.2 Å². The number of aryl methyl sites for hydroxylation is 1. The molecule has 0 fully saturated rings. The van der Waals surface area contributed by atoms with Gasteiger partial charge in [0.15, 0.2) is 0 Å². The first-order valence-corrected chi connectivity index (χ1v) is 11.6. The molecule has 4 rings (SSSR count). The van der Waals surface area contributed by atoms with Crippen LogP contribution in [-0.2, 0) is 12.5 Å². The number of anilines is 1. The number of rotatable bonds is 6. The van der Waals surface area contributed by atoms with E-state index in [0.29, 0.717) is 15.7 Å². The van der Waals surface area contributed by atoms with E-state index in [2.05, 4.69) is 65.9 Å². The maximum atomic E-state index is 13.1.